The molecule has 1 aromatic carbocycles. The van der Waals surface area contributed by atoms with Gasteiger partial charge in [0.15, 0.2) is 0 Å². The van der Waals surface area contributed by atoms with Crippen molar-refractivity contribution < 1.29 is 0 Å². The van der Waals surface area contributed by atoms with Gasteiger partial charge < -0.3 is 5.32 Å². The van der Waals surface area contributed by atoms with Crippen LogP contribution in [0, 0.1) is 5.92 Å². The van der Waals surface area contributed by atoms with Crippen molar-refractivity contribution in [2.45, 2.75) is 19.3 Å². The van der Waals surface area contributed by atoms with Crippen LogP contribution in [0.5, 0.6) is 0 Å². The molecule has 1 nitrogen and oxygen atoms in total. The van der Waals surface area contributed by atoms with E-state index in [9.17, 15) is 0 Å². The molecule has 1 aliphatic carbocycles. The zero-order chi connectivity index (χ0) is 9.64. The van der Waals surface area contributed by atoms with Crippen molar-refractivity contribution >= 4 is 5.69 Å². The summed E-state index contributed by atoms with van der Waals surface area (Å²) in [5, 5.41) is 3.44. The summed E-state index contributed by atoms with van der Waals surface area (Å²) in [6.07, 6.45) is 8.53. The third-order valence-corrected chi connectivity index (χ3v) is 2.73. The highest BCUT2D eigenvalue weighted by Crippen LogP contribution is 2.20. The Balaban J connectivity index is 1.70. The Hall–Kier alpha value is -1.24. The van der Waals surface area contributed by atoms with Gasteiger partial charge in [-0.15, -0.1) is 0 Å². The lowest BCUT2D eigenvalue weighted by Gasteiger charge is -2.09. The molecule has 1 unspecified atom stereocenters. The highest BCUT2D eigenvalue weighted by molar-refractivity contribution is 5.42. The summed E-state index contributed by atoms with van der Waals surface area (Å²) in [4.78, 5) is 0. The minimum absolute atomic E-state index is 0.811. The number of allylic oxidation sites excluding steroid dienone is 2. The van der Waals surface area contributed by atoms with Crippen LogP contribution in [0.15, 0.2) is 42.5 Å². The summed E-state index contributed by atoms with van der Waals surface area (Å²) >= 11 is 0. The average molecular weight is 187 g/mol. The van der Waals surface area contributed by atoms with Crippen molar-refractivity contribution in [1.82, 2.24) is 0 Å². The Labute approximate surface area is 85.8 Å². The lowest BCUT2D eigenvalue weighted by molar-refractivity contribution is 0.596. The normalized spacial score (nSPS) is 19.9. The molecular formula is C13H17N. The van der Waals surface area contributed by atoms with Gasteiger partial charge in [0.05, 0.1) is 0 Å². The number of hydrogen-bond donors (Lipinski definition) is 1. The minimum atomic E-state index is 0.811. The van der Waals surface area contributed by atoms with E-state index in [1.54, 1.807) is 0 Å². The van der Waals surface area contributed by atoms with E-state index < -0.39 is 0 Å². The fourth-order valence-corrected chi connectivity index (χ4v) is 1.89. The maximum Gasteiger partial charge on any atom is 0.0340 e. The molecule has 0 fully saturated rings. The van der Waals surface area contributed by atoms with E-state index in [-0.39, 0.29) is 0 Å². The Morgan fingerprint density at radius 3 is 2.79 bits per heavy atom. The van der Waals surface area contributed by atoms with E-state index in [0.717, 1.165) is 12.5 Å². The molecule has 14 heavy (non-hydrogen) atoms. The van der Waals surface area contributed by atoms with E-state index in [1.165, 1.54) is 24.9 Å². The van der Waals surface area contributed by atoms with Crippen LogP contribution in [0.2, 0.25) is 0 Å². The fourth-order valence-electron chi connectivity index (χ4n) is 1.89. The second-order valence-corrected chi connectivity index (χ2v) is 3.85. The van der Waals surface area contributed by atoms with Crippen molar-refractivity contribution in [3.05, 3.63) is 42.5 Å². The molecule has 0 spiro atoms. The zero-order valence-electron chi connectivity index (χ0n) is 8.45. The minimum Gasteiger partial charge on any atom is -0.385 e. The molecular weight excluding hydrogens is 170 g/mol. The van der Waals surface area contributed by atoms with Gasteiger partial charge >= 0.3 is 0 Å². The third kappa shape index (κ3) is 2.63. The number of para-hydroxylation sites is 1. The van der Waals surface area contributed by atoms with Crippen molar-refractivity contribution in [2.24, 2.45) is 5.92 Å². The molecule has 74 valence electrons. The van der Waals surface area contributed by atoms with Gasteiger partial charge in [0.25, 0.3) is 0 Å². The SMILES string of the molecule is C1=CC(CCNc2ccccc2)CC1. The molecule has 0 saturated heterocycles. The predicted molar refractivity (Wildman–Crippen MR) is 61.4 cm³/mol. The van der Waals surface area contributed by atoms with E-state index in [4.69, 9.17) is 0 Å². The van der Waals surface area contributed by atoms with Gasteiger partial charge in [-0.25, -0.2) is 0 Å². The number of hydrogen-bond acceptors (Lipinski definition) is 1. The Bertz CT molecular complexity index is 289. The number of benzene rings is 1. The van der Waals surface area contributed by atoms with Crippen LogP contribution in [0.4, 0.5) is 5.69 Å². The Morgan fingerprint density at radius 2 is 2.07 bits per heavy atom. The average Bonchev–Trinajstić information content (AvgIpc) is 2.72. The summed E-state index contributed by atoms with van der Waals surface area (Å²) < 4.78 is 0. The quantitative estimate of drug-likeness (QED) is 0.712. The zero-order valence-corrected chi connectivity index (χ0v) is 8.45. The van der Waals surface area contributed by atoms with Gasteiger partial charge in [0.1, 0.15) is 0 Å². The summed E-state index contributed by atoms with van der Waals surface area (Å²) in [5.41, 5.74) is 1.23. The van der Waals surface area contributed by atoms with E-state index in [1.807, 2.05) is 6.07 Å². The van der Waals surface area contributed by atoms with Crippen molar-refractivity contribution in [3.8, 4) is 0 Å². The summed E-state index contributed by atoms with van der Waals surface area (Å²) in [5.74, 6) is 0.811. The van der Waals surface area contributed by atoms with Crippen molar-refractivity contribution in [1.29, 1.82) is 0 Å². The van der Waals surface area contributed by atoms with Gasteiger partial charge in [0.2, 0.25) is 0 Å². The number of anilines is 1. The molecule has 1 heteroatoms. The molecule has 0 radical (unpaired) electrons. The molecule has 0 heterocycles. The third-order valence-electron chi connectivity index (χ3n) is 2.73. The van der Waals surface area contributed by atoms with Crippen LogP contribution < -0.4 is 5.32 Å². The maximum absolute atomic E-state index is 3.44. The first-order chi connectivity index (χ1) is 6.95. The van der Waals surface area contributed by atoms with Gasteiger partial charge in [-0.3, -0.25) is 0 Å². The highest BCUT2D eigenvalue weighted by Gasteiger charge is 2.07. The fraction of sp³-hybridized carbons (Fsp3) is 0.385. The van der Waals surface area contributed by atoms with Gasteiger partial charge in [0, 0.05) is 12.2 Å². The maximum atomic E-state index is 3.44. The smallest absolute Gasteiger partial charge is 0.0340 e. The molecule has 1 atom stereocenters. The molecule has 0 amide bonds. The summed E-state index contributed by atoms with van der Waals surface area (Å²) in [6.45, 7) is 1.08. The molecule has 0 aromatic heterocycles. The lowest BCUT2D eigenvalue weighted by Crippen LogP contribution is -2.05. The van der Waals surface area contributed by atoms with Gasteiger partial charge in [-0.2, -0.15) is 0 Å². The standard InChI is InChI=1S/C13H17N/c1-2-8-13(9-3-1)14-11-10-12-6-4-5-7-12/h1-4,6,8-9,12,14H,5,7,10-11H2. The van der Waals surface area contributed by atoms with Crippen LogP contribution in [-0.4, -0.2) is 6.54 Å². The first-order valence-electron chi connectivity index (χ1n) is 5.41. The largest absolute Gasteiger partial charge is 0.385 e. The van der Waals surface area contributed by atoms with E-state index in [2.05, 4.69) is 41.7 Å². The van der Waals surface area contributed by atoms with Gasteiger partial charge in [-0.1, -0.05) is 30.4 Å². The molecule has 0 bridgehead atoms. The highest BCUT2D eigenvalue weighted by atomic mass is 14.9. The molecule has 1 aliphatic rings. The van der Waals surface area contributed by atoms with Crippen LogP contribution in [0.25, 0.3) is 0 Å². The van der Waals surface area contributed by atoms with E-state index in [0.29, 0.717) is 0 Å². The Morgan fingerprint density at radius 1 is 1.21 bits per heavy atom. The monoisotopic (exact) mass is 187 g/mol. The second-order valence-electron chi connectivity index (χ2n) is 3.85. The Kier molecular flexibility index (Phi) is 3.23. The first-order valence-corrected chi connectivity index (χ1v) is 5.41. The van der Waals surface area contributed by atoms with Gasteiger partial charge in [-0.05, 0) is 37.3 Å². The molecule has 0 aliphatic heterocycles. The van der Waals surface area contributed by atoms with Crippen molar-refractivity contribution in [2.75, 3.05) is 11.9 Å². The first kappa shape index (κ1) is 9.32. The summed E-state index contributed by atoms with van der Waals surface area (Å²) in [6, 6.07) is 10.4. The predicted octanol–water partition coefficient (Wildman–Crippen LogP) is 3.45. The molecule has 1 N–H and O–H groups in total. The van der Waals surface area contributed by atoms with Crippen LogP contribution >= 0.6 is 0 Å². The lowest BCUT2D eigenvalue weighted by atomic mass is 10.1. The molecule has 2 rings (SSSR count). The van der Waals surface area contributed by atoms with Crippen LogP contribution in [0.1, 0.15) is 19.3 Å². The van der Waals surface area contributed by atoms with E-state index >= 15 is 0 Å². The van der Waals surface area contributed by atoms with Crippen molar-refractivity contribution in [3.63, 3.8) is 0 Å². The summed E-state index contributed by atoms with van der Waals surface area (Å²) in [7, 11) is 0. The molecule has 0 saturated carbocycles. The van der Waals surface area contributed by atoms with Crippen LogP contribution in [0.3, 0.4) is 0 Å². The second kappa shape index (κ2) is 4.85. The number of rotatable bonds is 4. The number of nitrogens with one attached hydrogen (secondary N) is 1. The van der Waals surface area contributed by atoms with Crippen LogP contribution in [-0.2, 0) is 0 Å². The molecule has 1 aromatic rings. The topological polar surface area (TPSA) is 12.0 Å².